The van der Waals surface area contributed by atoms with E-state index in [1.165, 1.54) is 11.8 Å². The molecule has 3 heterocycles. The molecular formula is C18H17N5O3S. The third kappa shape index (κ3) is 3.59. The maximum Gasteiger partial charge on any atom is 0.237 e. The van der Waals surface area contributed by atoms with Gasteiger partial charge in [-0.2, -0.15) is 0 Å². The molecule has 2 aromatic heterocycles. The topological polar surface area (TPSA) is 91.2 Å². The summed E-state index contributed by atoms with van der Waals surface area (Å²) in [6.07, 6.45) is 3.41. The van der Waals surface area contributed by atoms with E-state index < -0.39 is 0 Å². The van der Waals surface area contributed by atoms with Gasteiger partial charge in [0.15, 0.2) is 22.5 Å². The van der Waals surface area contributed by atoms with Crippen molar-refractivity contribution in [2.75, 3.05) is 12.1 Å². The number of nitrogens with one attached hydrogen (secondary N) is 1. The van der Waals surface area contributed by atoms with Crippen LogP contribution < -0.4 is 14.8 Å². The van der Waals surface area contributed by atoms with Crippen LogP contribution in [0.5, 0.6) is 11.5 Å². The van der Waals surface area contributed by atoms with Gasteiger partial charge in [0.25, 0.3) is 0 Å². The average molecular weight is 383 g/mol. The lowest BCUT2D eigenvalue weighted by molar-refractivity contribution is -0.115. The third-order valence-corrected chi connectivity index (χ3v) is 5.20. The zero-order chi connectivity index (χ0) is 18.8. The van der Waals surface area contributed by atoms with Crippen molar-refractivity contribution < 1.29 is 14.3 Å². The van der Waals surface area contributed by atoms with Crippen LogP contribution in [0.15, 0.2) is 47.9 Å². The number of anilines is 1. The van der Waals surface area contributed by atoms with Crippen LogP contribution in [0.25, 0.3) is 11.4 Å². The monoisotopic (exact) mass is 383 g/mol. The van der Waals surface area contributed by atoms with E-state index in [0.29, 0.717) is 22.3 Å². The molecule has 1 aliphatic rings. The van der Waals surface area contributed by atoms with E-state index in [1.54, 1.807) is 30.6 Å². The quantitative estimate of drug-likeness (QED) is 0.677. The number of thioether (sulfide) groups is 1. The van der Waals surface area contributed by atoms with Gasteiger partial charge in [-0.1, -0.05) is 11.8 Å². The first-order valence-corrected chi connectivity index (χ1v) is 9.17. The van der Waals surface area contributed by atoms with E-state index in [0.717, 1.165) is 11.4 Å². The third-order valence-electron chi connectivity index (χ3n) is 4.06. The number of amides is 1. The van der Waals surface area contributed by atoms with E-state index in [4.69, 9.17) is 9.47 Å². The number of carbonyl (C=O) groups is 1. The Balaban J connectivity index is 1.44. The van der Waals surface area contributed by atoms with Crippen LogP contribution in [0.2, 0.25) is 0 Å². The van der Waals surface area contributed by atoms with Crippen molar-refractivity contribution in [3.8, 4) is 22.9 Å². The van der Waals surface area contributed by atoms with Crippen LogP contribution in [-0.4, -0.2) is 37.7 Å². The summed E-state index contributed by atoms with van der Waals surface area (Å²) in [4.78, 5) is 16.5. The minimum Gasteiger partial charge on any atom is -0.454 e. The van der Waals surface area contributed by atoms with Gasteiger partial charge in [-0.15, -0.1) is 10.2 Å². The normalized spacial score (nSPS) is 13.4. The lowest BCUT2D eigenvalue weighted by Crippen LogP contribution is -2.22. The van der Waals surface area contributed by atoms with Crippen molar-refractivity contribution in [3.63, 3.8) is 0 Å². The summed E-state index contributed by atoms with van der Waals surface area (Å²) < 4.78 is 12.5. The average Bonchev–Trinajstić information content (AvgIpc) is 3.29. The first kappa shape index (κ1) is 17.3. The number of fused-ring (bicyclic) bond motifs is 1. The van der Waals surface area contributed by atoms with Crippen LogP contribution in [0.3, 0.4) is 0 Å². The van der Waals surface area contributed by atoms with Crippen molar-refractivity contribution in [2.24, 2.45) is 7.05 Å². The molecule has 0 spiro atoms. The van der Waals surface area contributed by atoms with Crippen LogP contribution in [0.4, 0.5) is 5.69 Å². The second-order valence-electron chi connectivity index (χ2n) is 5.92. The maximum absolute atomic E-state index is 12.5. The molecule has 3 aromatic rings. The van der Waals surface area contributed by atoms with Crippen LogP contribution in [0.1, 0.15) is 6.92 Å². The van der Waals surface area contributed by atoms with Gasteiger partial charge >= 0.3 is 0 Å². The predicted octanol–water partition coefficient (Wildman–Crippen LogP) is 2.73. The van der Waals surface area contributed by atoms with Crippen molar-refractivity contribution in [3.05, 3.63) is 42.7 Å². The number of hydrogen-bond donors (Lipinski definition) is 1. The molecule has 1 unspecified atom stereocenters. The molecule has 0 saturated carbocycles. The molecule has 1 atom stereocenters. The molecular weight excluding hydrogens is 366 g/mol. The Morgan fingerprint density at radius 1 is 1.19 bits per heavy atom. The number of benzene rings is 1. The largest absolute Gasteiger partial charge is 0.454 e. The molecule has 1 N–H and O–H groups in total. The highest BCUT2D eigenvalue weighted by Gasteiger charge is 2.20. The first-order valence-electron chi connectivity index (χ1n) is 8.29. The smallest absolute Gasteiger partial charge is 0.237 e. The minimum absolute atomic E-state index is 0.132. The Morgan fingerprint density at radius 2 is 1.96 bits per heavy atom. The zero-order valence-electron chi connectivity index (χ0n) is 14.7. The molecule has 138 valence electrons. The molecule has 9 heteroatoms. The first-order chi connectivity index (χ1) is 13.1. The number of pyridine rings is 1. The van der Waals surface area contributed by atoms with Crippen molar-refractivity contribution in [1.29, 1.82) is 0 Å². The van der Waals surface area contributed by atoms with Gasteiger partial charge in [0.05, 0.1) is 5.25 Å². The Hall–Kier alpha value is -3.07. The van der Waals surface area contributed by atoms with Crippen LogP contribution >= 0.6 is 11.8 Å². The molecule has 1 aliphatic heterocycles. The number of nitrogens with zero attached hydrogens (tertiary/aromatic N) is 4. The molecule has 1 amide bonds. The Bertz CT molecular complexity index is 976. The molecule has 8 nitrogen and oxygen atoms in total. The van der Waals surface area contributed by atoms with Crippen molar-refractivity contribution in [2.45, 2.75) is 17.3 Å². The predicted molar refractivity (Wildman–Crippen MR) is 101 cm³/mol. The van der Waals surface area contributed by atoms with E-state index in [9.17, 15) is 4.79 Å². The molecule has 1 aromatic carbocycles. The lowest BCUT2D eigenvalue weighted by Gasteiger charge is -2.12. The van der Waals surface area contributed by atoms with Gasteiger partial charge in [0, 0.05) is 36.8 Å². The molecule has 0 aliphatic carbocycles. The summed E-state index contributed by atoms with van der Waals surface area (Å²) in [5.74, 6) is 1.90. The standard InChI is InChI=1S/C18H17N5O3S/c1-11(17(24)20-13-3-4-14-15(9-13)26-10-25-14)27-18-22-21-16(23(18)2)12-5-7-19-8-6-12/h3-9,11H,10H2,1-2H3,(H,20,24). The fourth-order valence-corrected chi connectivity index (χ4v) is 3.41. The summed E-state index contributed by atoms with van der Waals surface area (Å²) in [6.45, 7) is 2.03. The van der Waals surface area contributed by atoms with E-state index >= 15 is 0 Å². The SMILES string of the molecule is CC(Sc1nnc(-c2ccncc2)n1C)C(=O)Nc1ccc2c(c1)OCO2. The van der Waals surface area contributed by atoms with Gasteiger partial charge < -0.3 is 19.4 Å². The fraction of sp³-hybridized carbons (Fsp3) is 0.222. The fourth-order valence-electron chi connectivity index (χ4n) is 2.60. The molecule has 0 radical (unpaired) electrons. The summed E-state index contributed by atoms with van der Waals surface area (Å²) in [6, 6.07) is 9.05. The second kappa shape index (κ2) is 7.28. The second-order valence-corrected chi connectivity index (χ2v) is 7.23. The Kier molecular flexibility index (Phi) is 4.68. The lowest BCUT2D eigenvalue weighted by atomic mass is 10.2. The van der Waals surface area contributed by atoms with Crippen LogP contribution in [-0.2, 0) is 11.8 Å². The highest BCUT2D eigenvalue weighted by atomic mass is 32.2. The highest BCUT2D eigenvalue weighted by Crippen LogP contribution is 2.34. The van der Waals surface area contributed by atoms with Crippen molar-refractivity contribution in [1.82, 2.24) is 19.7 Å². The number of hydrogen-bond acceptors (Lipinski definition) is 7. The van der Waals surface area contributed by atoms with E-state index in [1.807, 2.05) is 30.7 Å². The van der Waals surface area contributed by atoms with Gasteiger partial charge in [-0.3, -0.25) is 9.78 Å². The summed E-state index contributed by atoms with van der Waals surface area (Å²) in [5, 5.41) is 11.6. The number of aromatic nitrogens is 4. The van der Waals surface area contributed by atoms with E-state index in [2.05, 4.69) is 20.5 Å². The highest BCUT2D eigenvalue weighted by molar-refractivity contribution is 8.00. The summed E-state index contributed by atoms with van der Waals surface area (Å²) in [7, 11) is 1.88. The Morgan fingerprint density at radius 3 is 2.78 bits per heavy atom. The molecule has 0 saturated heterocycles. The molecule has 0 fully saturated rings. The zero-order valence-corrected chi connectivity index (χ0v) is 15.6. The van der Waals surface area contributed by atoms with Gasteiger partial charge in [0.1, 0.15) is 0 Å². The maximum atomic E-state index is 12.5. The minimum atomic E-state index is -0.358. The molecule has 0 bridgehead atoms. The van der Waals surface area contributed by atoms with Gasteiger partial charge in [0.2, 0.25) is 12.7 Å². The summed E-state index contributed by atoms with van der Waals surface area (Å²) in [5.41, 5.74) is 1.58. The number of ether oxygens (including phenoxy) is 2. The van der Waals surface area contributed by atoms with Crippen LogP contribution in [0, 0.1) is 0 Å². The Labute approximate surface area is 159 Å². The number of rotatable bonds is 5. The van der Waals surface area contributed by atoms with E-state index in [-0.39, 0.29) is 18.0 Å². The number of carbonyl (C=O) groups excluding carboxylic acids is 1. The molecule has 27 heavy (non-hydrogen) atoms. The van der Waals surface area contributed by atoms with Gasteiger partial charge in [-0.05, 0) is 31.2 Å². The van der Waals surface area contributed by atoms with Gasteiger partial charge in [-0.25, -0.2) is 0 Å². The van der Waals surface area contributed by atoms with Crippen molar-refractivity contribution >= 4 is 23.4 Å². The summed E-state index contributed by atoms with van der Waals surface area (Å²) >= 11 is 1.34. The molecule has 4 rings (SSSR count).